The summed E-state index contributed by atoms with van der Waals surface area (Å²) in [5.74, 6) is -0.578. The third kappa shape index (κ3) is 2.17. The second-order valence-electron chi connectivity index (χ2n) is 4.01. The molecule has 2 rings (SSSR count). The molecule has 1 heterocycles. The Morgan fingerprint density at radius 3 is 2.47 bits per heavy atom. The molecule has 0 aromatic carbocycles. The zero-order chi connectivity index (χ0) is 12.7. The van der Waals surface area contributed by atoms with Crippen LogP contribution in [0.5, 0.6) is 0 Å². The summed E-state index contributed by atoms with van der Waals surface area (Å²) in [5.41, 5.74) is 3.33. The lowest BCUT2D eigenvalue weighted by Crippen LogP contribution is -2.47. The van der Waals surface area contributed by atoms with Gasteiger partial charge in [-0.15, -0.1) is 0 Å². The number of anilines is 1. The van der Waals surface area contributed by atoms with Crippen LogP contribution >= 0.6 is 0 Å². The fraction of sp³-hybridized carbons (Fsp3) is 0.400. The normalized spacial score (nSPS) is 17.6. The molecular formula is C10H10F3N3O. The molecule has 1 fully saturated rings. The van der Waals surface area contributed by atoms with E-state index in [2.05, 4.69) is 4.98 Å². The molecule has 7 heteroatoms. The van der Waals surface area contributed by atoms with Gasteiger partial charge < -0.3 is 11.1 Å². The van der Waals surface area contributed by atoms with Crippen molar-refractivity contribution in [2.45, 2.75) is 24.6 Å². The molecule has 17 heavy (non-hydrogen) atoms. The summed E-state index contributed by atoms with van der Waals surface area (Å²) >= 11 is 0. The molecular weight excluding hydrogens is 235 g/mol. The first-order chi connectivity index (χ1) is 7.84. The topological polar surface area (TPSA) is 68.0 Å². The van der Waals surface area contributed by atoms with E-state index >= 15 is 0 Å². The van der Waals surface area contributed by atoms with E-state index in [-0.39, 0.29) is 24.2 Å². The van der Waals surface area contributed by atoms with Gasteiger partial charge in [-0.25, -0.2) is 4.98 Å². The van der Waals surface area contributed by atoms with Gasteiger partial charge in [0.25, 0.3) is 5.91 Å². The third-order valence-corrected chi connectivity index (χ3v) is 2.69. The van der Waals surface area contributed by atoms with E-state index in [1.165, 1.54) is 12.1 Å². The van der Waals surface area contributed by atoms with E-state index in [4.69, 9.17) is 5.73 Å². The first-order valence-electron chi connectivity index (χ1n) is 4.95. The minimum absolute atomic E-state index is 0.0646. The minimum atomic E-state index is -4.41. The predicted molar refractivity (Wildman–Crippen MR) is 54.1 cm³/mol. The van der Waals surface area contributed by atoms with Gasteiger partial charge in [-0.3, -0.25) is 4.79 Å². The van der Waals surface area contributed by atoms with Crippen LogP contribution in [0.2, 0.25) is 0 Å². The smallest absolute Gasteiger partial charge is 0.384 e. The number of halogens is 3. The van der Waals surface area contributed by atoms with Crippen molar-refractivity contribution in [2.75, 3.05) is 5.73 Å². The molecule has 1 saturated carbocycles. The maximum absolute atomic E-state index is 12.6. The molecule has 1 aliphatic carbocycles. The Kier molecular flexibility index (Phi) is 2.48. The average Bonchev–Trinajstić information content (AvgIpc) is 2.98. The van der Waals surface area contributed by atoms with Crippen molar-refractivity contribution in [3.05, 3.63) is 23.9 Å². The molecule has 0 atom stereocenters. The molecule has 0 bridgehead atoms. The highest BCUT2D eigenvalue weighted by molar-refractivity contribution is 5.94. The minimum Gasteiger partial charge on any atom is -0.384 e. The summed E-state index contributed by atoms with van der Waals surface area (Å²) in [5, 5.41) is 2.00. The Morgan fingerprint density at radius 1 is 1.41 bits per heavy atom. The summed E-state index contributed by atoms with van der Waals surface area (Å²) in [6.07, 6.45) is -3.42. The number of nitrogens with two attached hydrogens (primary N) is 1. The molecule has 92 valence electrons. The van der Waals surface area contributed by atoms with E-state index in [9.17, 15) is 18.0 Å². The Hall–Kier alpha value is -1.79. The van der Waals surface area contributed by atoms with E-state index in [0.717, 1.165) is 6.20 Å². The summed E-state index contributed by atoms with van der Waals surface area (Å²) in [6.45, 7) is 0. The Labute approximate surface area is 95.0 Å². The number of nitrogen functional groups attached to an aromatic ring is 1. The van der Waals surface area contributed by atoms with Crippen molar-refractivity contribution < 1.29 is 18.0 Å². The van der Waals surface area contributed by atoms with Crippen molar-refractivity contribution in [3.8, 4) is 0 Å². The van der Waals surface area contributed by atoms with Crippen LogP contribution in [0.15, 0.2) is 18.3 Å². The highest BCUT2D eigenvalue weighted by Gasteiger charge is 2.64. The van der Waals surface area contributed by atoms with Crippen LogP contribution in [0.1, 0.15) is 23.2 Å². The number of rotatable bonds is 2. The molecule has 0 radical (unpaired) electrons. The number of alkyl halides is 3. The van der Waals surface area contributed by atoms with Crippen LogP contribution in [0, 0.1) is 0 Å². The van der Waals surface area contributed by atoms with Crippen LogP contribution < -0.4 is 11.1 Å². The molecule has 1 aromatic rings. The Bertz CT molecular complexity index is 437. The molecule has 0 saturated heterocycles. The van der Waals surface area contributed by atoms with Crippen molar-refractivity contribution in [3.63, 3.8) is 0 Å². The van der Waals surface area contributed by atoms with Gasteiger partial charge in [0.1, 0.15) is 11.4 Å². The van der Waals surface area contributed by atoms with E-state index < -0.39 is 17.6 Å². The van der Waals surface area contributed by atoms with Gasteiger partial charge in [0.05, 0.1) is 5.56 Å². The summed E-state index contributed by atoms with van der Waals surface area (Å²) in [4.78, 5) is 15.2. The third-order valence-electron chi connectivity index (χ3n) is 2.69. The standard InChI is InChI=1S/C10H10F3N3O/c11-10(12,13)9(3-4-9)16-8(17)6-1-2-7(14)15-5-6/h1-2,5H,3-4H2,(H2,14,15)(H,16,17). The quantitative estimate of drug-likeness (QED) is 0.829. The van der Waals surface area contributed by atoms with E-state index in [1.807, 2.05) is 5.32 Å². The zero-order valence-electron chi connectivity index (χ0n) is 8.71. The highest BCUT2D eigenvalue weighted by Crippen LogP contribution is 2.48. The van der Waals surface area contributed by atoms with Gasteiger partial charge in [-0.2, -0.15) is 13.2 Å². The first-order valence-corrected chi connectivity index (χ1v) is 4.95. The lowest BCUT2D eigenvalue weighted by atomic mass is 10.2. The molecule has 4 nitrogen and oxygen atoms in total. The van der Waals surface area contributed by atoms with Crippen molar-refractivity contribution in [2.24, 2.45) is 0 Å². The SMILES string of the molecule is Nc1ccc(C(=O)NC2(C(F)(F)F)CC2)cn1. The number of carbonyl (C=O) groups excluding carboxylic acids is 1. The lowest BCUT2D eigenvalue weighted by molar-refractivity contribution is -0.163. The van der Waals surface area contributed by atoms with Crippen molar-refractivity contribution >= 4 is 11.7 Å². The molecule has 1 aromatic heterocycles. The average molecular weight is 245 g/mol. The number of pyridine rings is 1. The highest BCUT2D eigenvalue weighted by atomic mass is 19.4. The van der Waals surface area contributed by atoms with E-state index in [1.54, 1.807) is 0 Å². The summed E-state index contributed by atoms with van der Waals surface area (Å²) < 4.78 is 37.8. The van der Waals surface area contributed by atoms with Gasteiger partial charge in [0, 0.05) is 6.20 Å². The van der Waals surface area contributed by atoms with Crippen molar-refractivity contribution in [1.82, 2.24) is 10.3 Å². The van der Waals surface area contributed by atoms with Gasteiger partial charge in [0.15, 0.2) is 0 Å². The van der Waals surface area contributed by atoms with E-state index in [0.29, 0.717) is 0 Å². The van der Waals surface area contributed by atoms with Gasteiger partial charge in [-0.05, 0) is 25.0 Å². The number of hydrogen-bond donors (Lipinski definition) is 2. The largest absolute Gasteiger partial charge is 0.411 e. The maximum Gasteiger partial charge on any atom is 0.411 e. The second kappa shape index (κ2) is 3.61. The molecule has 0 aliphatic heterocycles. The number of nitrogens with one attached hydrogen (secondary N) is 1. The molecule has 0 spiro atoms. The first kappa shape index (κ1) is 11.7. The number of aromatic nitrogens is 1. The fourth-order valence-corrected chi connectivity index (χ4v) is 1.43. The molecule has 1 amide bonds. The maximum atomic E-state index is 12.6. The fourth-order valence-electron chi connectivity index (χ4n) is 1.43. The van der Waals surface area contributed by atoms with Crippen LogP contribution in [-0.4, -0.2) is 22.6 Å². The zero-order valence-corrected chi connectivity index (χ0v) is 8.71. The van der Waals surface area contributed by atoms with Crippen LogP contribution in [0.4, 0.5) is 19.0 Å². The Balaban J connectivity index is 2.10. The number of hydrogen-bond acceptors (Lipinski definition) is 3. The second-order valence-corrected chi connectivity index (χ2v) is 4.01. The number of nitrogens with zero attached hydrogens (tertiary/aromatic N) is 1. The molecule has 3 N–H and O–H groups in total. The summed E-state index contributed by atoms with van der Waals surface area (Å²) in [7, 11) is 0. The van der Waals surface area contributed by atoms with Gasteiger partial charge in [0.2, 0.25) is 0 Å². The van der Waals surface area contributed by atoms with Gasteiger partial charge >= 0.3 is 6.18 Å². The summed E-state index contributed by atoms with van der Waals surface area (Å²) in [6, 6.07) is 2.70. The van der Waals surface area contributed by atoms with Crippen LogP contribution in [0.3, 0.4) is 0 Å². The number of amides is 1. The van der Waals surface area contributed by atoms with Crippen LogP contribution in [0.25, 0.3) is 0 Å². The Morgan fingerprint density at radius 2 is 2.06 bits per heavy atom. The van der Waals surface area contributed by atoms with Gasteiger partial charge in [-0.1, -0.05) is 0 Å². The van der Waals surface area contributed by atoms with Crippen molar-refractivity contribution in [1.29, 1.82) is 0 Å². The predicted octanol–water partition coefficient (Wildman–Crippen LogP) is 1.49. The lowest BCUT2D eigenvalue weighted by Gasteiger charge is -2.20. The molecule has 0 unspecified atom stereocenters. The van der Waals surface area contributed by atoms with Crippen LogP contribution in [-0.2, 0) is 0 Å². The number of carbonyl (C=O) groups is 1. The monoisotopic (exact) mass is 245 g/mol. The molecule has 1 aliphatic rings.